The number of nitrogens with zero attached hydrogens (tertiary/aromatic N) is 1. The van der Waals surface area contributed by atoms with Crippen molar-refractivity contribution in [2.24, 2.45) is 11.3 Å². The van der Waals surface area contributed by atoms with Crippen LogP contribution in [0.25, 0.3) is 10.8 Å². The van der Waals surface area contributed by atoms with E-state index in [1.54, 1.807) is 0 Å². The van der Waals surface area contributed by atoms with E-state index in [0.29, 0.717) is 11.5 Å². The molecule has 2 aromatic rings. The third-order valence-corrected chi connectivity index (χ3v) is 6.59. The van der Waals surface area contributed by atoms with Crippen LogP contribution < -0.4 is 4.74 Å². The van der Waals surface area contributed by atoms with Crippen LogP contribution in [0.4, 0.5) is 0 Å². The minimum atomic E-state index is 0.372. The summed E-state index contributed by atoms with van der Waals surface area (Å²) in [6, 6.07) is 13.4. The topological polar surface area (TPSA) is 21.7 Å². The molecule has 0 spiro atoms. The van der Waals surface area contributed by atoms with Crippen LogP contribution in [0.3, 0.4) is 0 Å². The van der Waals surface area contributed by atoms with Gasteiger partial charge in [-0.2, -0.15) is 0 Å². The summed E-state index contributed by atoms with van der Waals surface area (Å²) in [5.41, 5.74) is 1.80. The molecule has 2 fully saturated rings. The molecular formula is C25H35NO2. The Morgan fingerprint density at radius 1 is 0.929 bits per heavy atom. The quantitative estimate of drug-likeness (QED) is 0.682. The first-order chi connectivity index (χ1) is 13.5. The van der Waals surface area contributed by atoms with E-state index in [4.69, 9.17) is 9.47 Å². The van der Waals surface area contributed by atoms with Crippen LogP contribution in [0, 0.1) is 11.3 Å². The molecule has 1 saturated heterocycles. The smallest absolute Gasteiger partial charge is 0.120 e. The molecule has 3 nitrogen and oxygen atoms in total. The zero-order valence-electron chi connectivity index (χ0n) is 17.7. The molecule has 2 aliphatic rings. The number of benzene rings is 2. The molecule has 0 atom stereocenters. The van der Waals surface area contributed by atoms with Crippen molar-refractivity contribution in [3.63, 3.8) is 0 Å². The van der Waals surface area contributed by atoms with Crippen LogP contribution in [-0.2, 0) is 11.3 Å². The lowest BCUT2D eigenvalue weighted by atomic mass is 9.72. The molecule has 1 heterocycles. The van der Waals surface area contributed by atoms with Crippen molar-refractivity contribution in [3.8, 4) is 5.75 Å². The molecule has 0 N–H and O–H groups in total. The second kappa shape index (κ2) is 8.42. The molecule has 28 heavy (non-hydrogen) atoms. The monoisotopic (exact) mass is 381 g/mol. The molecular weight excluding hydrogens is 346 g/mol. The number of hydrogen-bond acceptors (Lipinski definition) is 3. The lowest BCUT2D eigenvalue weighted by Gasteiger charge is -2.37. The Morgan fingerprint density at radius 2 is 1.61 bits per heavy atom. The Kier molecular flexibility index (Phi) is 5.93. The molecule has 0 aromatic heterocycles. The summed E-state index contributed by atoms with van der Waals surface area (Å²) in [7, 11) is 0. The second-order valence-corrected chi connectivity index (χ2v) is 9.69. The Morgan fingerprint density at radius 3 is 2.32 bits per heavy atom. The summed E-state index contributed by atoms with van der Waals surface area (Å²) in [5.74, 6) is 1.85. The van der Waals surface area contributed by atoms with Gasteiger partial charge in [-0.3, -0.25) is 4.90 Å². The standard InChI is InChI=1S/C25H35NO2/c1-25(2,3)22-7-10-23(11-8-22)28-24-9-6-20-16-19(4-5-21(20)17-24)18-26-12-14-27-15-13-26/h4-6,9,16-17,22-23H,7-8,10-15,18H2,1-3H3/t22-,23-. The van der Waals surface area contributed by atoms with Gasteiger partial charge >= 0.3 is 0 Å². The zero-order chi connectivity index (χ0) is 19.6. The molecule has 0 unspecified atom stereocenters. The Hall–Kier alpha value is -1.58. The fourth-order valence-electron chi connectivity index (χ4n) is 4.70. The normalized spacial score (nSPS) is 24.4. The van der Waals surface area contributed by atoms with Gasteiger partial charge in [0, 0.05) is 19.6 Å². The van der Waals surface area contributed by atoms with E-state index < -0.39 is 0 Å². The lowest BCUT2D eigenvalue weighted by molar-refractivity contribution is 0.0342. The highest BCUT2D eigenvalue weighted by Gasteiger charge is 2.30. The molecule has 4 rings (SSSR count). The third-order valence-electron chi connectivity index (χ3n) is 6.59. The molecule has 1 aliphatic heterocycles. The van der Waals surface area contributed by atoms with Gasteiger partial charge in [0.05, 0.1) is 19.3 Å². The molecule has 3 heteroatoms. The maximum Gasteiger partial charge on any atom is 0.120 e. The van der Waals surface area contributed by atoms with Crippen molar-refractivity contribution in [1.29, 1.82) is 0 Å². The van der Waals surface area contributed by atoms with Crippen LogP contribution >= 0.6 is 0 Å². The van der Waals surface area contributed by atoms with E-state index in [1.165, 1.54) is 42.0 Å². The van der Waals surface area contributed by atoms with E-state index >= 15 is 0 Å². The summed E-state index contributed by atoms with van der Waals surface area (Å²) in [6.07, 6.45) is 5.30. The van der Waals surface area contributed by atoms with Crippen molar-refractivity contribution >= 4 is 10.8 Å². The molecule has 1 aliphatic carbocycles. The first kappa shape index (κ1) is 19.7. The molecule has 1 saturated carbocycles. The zero-order valence-corrected chi connectivity index (χ0v) is 17.7. The van der Waals surface area contributed by atoms with Crippen LogP contribution in [0.2, 0.25) is 0 Å². The van der Waals surface area contributed by atoms with Crippen molar-refractivity contribution < 1.29 is 9.47 Å². The van der Waals surface area contributed by atoms with Gasteiger partial charge in [0.25, 0.3) is 0 Å². The maximum absolute atomic E-state index is 6.35. The Balaban J connectivity index is 1.37. The van der Waals surface area contributed by atoms with E-state index in [1.807, 2.05) is 0 Å². The van der Waals surface area contributed by atoms with E-state index in [-0.39, 0.29) is 0 Å². The molecule has 152 valence electrons. The molecule has 0 amide bonds. The van der Waals surface area contributed by atoms with E-state index in [2.05, 4.69) is 62.1 Å². The number of morpholine rings is 1. The average molecular weight is 382 g/mol. The first-order valence-electron chi connectivity index (χ1n) is 11.0. The predicted octanol–water partition coefficient (Wildman–Crippen LogP) is 5.66. The highest BCUT2D eigenvalue weighted by atomic mass is 16.5. The van der Waals surface area contributed by atoms with Crippen LogP contribution in [0.15, 0.2) is 36.4 Å². The summed E-state index contributed by atoms with van der Waals surface area (Å²) >= 11 is 0. The van der Waals surface area contributed by atoms with Gasteiger partial charge < -0.3 is 9.47 Å². The summed E-state index contributed by atoms with van der Waals surface area (Å²) in [6.45, 7) is 11.9. The summed E-state index contributed by atoms with van der Waals surface area (Å²) in [5, 5.41) is 2.57. The minimum Gasteiger partial charge on any atom is -0.490 e. The van der Waals surface area contributed by atoms with Gasteiger partial charge in [0.15, 0.2) is 0 Å². The highest BCUT2D eigenvalue weighted by Crippen LogP contribution is 2.39. The van der Waals surface area contributed by atoms with Gasteiger partial charge in [-0.25, -0.2) is 0 Å². The SMILES string of the molecule is CC(C)(C)[C@H]1CC[C@H](Oc2ccc3cc(CN4CCOCC4)ccc3c2)CC1. The van der Waals surface area contributed by atoms with E-state index in [9.17, 15) is 0 Å². The van der Waals surface area contributed by atoms with Crippen molar-refractivity contribution in [2.45, 2.75) is 59.1 Å². The number of hydrogen-bond donors (Lipinski definition) is 0. The summed E-state index contributed by atoms with van der Waals surface area (Å²) in [4.78, 5) is 2.47. The van der Waals surface area contributed by atoms with Gasteiger partial charge in [-0.05, 0) is 71.6 Å². The van der Waals surface area contributed by atoms with Crippen molar-refractivity contribution in [3.05, 3.63) is 42.0 Å². The second-order valence-electron chi connectivity index (χ2n) is 9.69. The fraction of sp³-hybridized carbons (Fsp3) is 0.600. The number of fused-ring (bicyclic) bond motifs is 1. The van der Waals surface area contributed by atoms with Crippen LogP contribution in [0.1, 0.15) is 52.0 Å². The summed E-state index contributed by atoms with van der Waals surface area (Å²) < 4.78 is 11.8. The van der Waals surface area contributed by atoms with Gasteiger partial charge in [-0.15, -0.1) is 0 Å². The van der Waals surface area contributed by atoms with Gasteiger partial charge in [0.2, 0.25) is 0 Å². The lowest BCUT2D eigenvalue weighted by Crippen LogP contribution is -2.35. The highest BCUT2D eigenvalue weighted by molar-refractivity contribution is 5.84. The average Bonchev–Trinajstić information content (AvgIpc) is 2.69. The maximum atomic E-state index is 6.35. The van der Waals surface area contributed by atoms with Crippen LogP contribution in [-0.4, -0.2) is 37.3 Å². The van der Waals surface area contributed by atoms with Crippen molar-refractivity contribution in [1.82, 2.24) is 4.90 Å². The Bertz CT molecular complexity index is 781. The van der Waals surface area contributed by atoms with E-state index in [0.717, 1.165) is 44.5 Å². The molecule has 2 aromatic carbocycles. The van der Waals surface area contributed by atoms with Gasteiger partial charge in [0.1, 0.15) is 5.75 Å². The predicted molar refractivity (Wildman–Crippen MR) is 116 cm³/mol. The number of ether oxygens (including phenoxy) is 2. The first-order valence-corrected chi connectivity index (χ1v) is 11.0. The number of rotatable bonds is 4. The Labute approximate surface area is 170 Å². The minimum absolute atomic E-state index is 0.372. The fourth-order valence-corrected chi connectivity index (χ4v) is 4.70. The van der Waals surface area contributed by atoms with Crippen molar-refractivity contribution in [2.75, 3.05) is 26.3 Å². The van der Waals surface area contributed by atoms with Crippen LogP contribution in [0.5, 0.6) is 5.75 Å². The molecule has 0 bridgehead atoms. The largest absolute Gasteiger partial charge is 0.490 e. The molecule has 0 radical (unpaired) electrons. The third kappa shape index (κ3) is 4.87. The van der Waals surface area contributed by atoms with Gasteiger partial charge in [-0.1, -0.05) is 39.0 Å².